The number of hydrogen-bond donors (Lipinski definition) is 0. The molecule has 60 valence electrons. The highest BCUT2D eigenvalue weighted by Gasteiger charge is 2.11. The normalized spacial score (nSPS) is 13.0. The van der Waals surface area contributed by atoms with Crippen molar-refractivity contribution in [2.45, 2.75) is 5.16 Å². The first kappa shape index (κ1) is 9.50. The molecule has 0 saturated carbocycles. The highest BCUT2D eigenvalue weighted by atomic mass is 127. The molecular weight excluding hydrogens is 298 g/mol. The molecule has 0 bridgehead atoms. The Bertz CT molecular complexity index is 232. The summed E-state index contributed by atoms with van der Waals surface area (Å²) < 4.78 is 11.6. The van der Waals surface area contributed by atoms with E-state index >= 15 is 0 Å². The van der Waals surface area contributed by atoms with E-state index in [0.717, 1.165) is 0 Å². The van der Waals surface area contributed by atoms with Gasteiger partial charge in [0.15, 0.2) is 3.76 Å². The fraction of sp³-hybridized carbons (Fsp3) is 0.200. The predicted molar refractivity (Wildman–Crippen MR) is 52.3 cm³/mol. The summed E-state index contributed by atoms with van der Waals surface area (Å²) in [5.74, 6) is 0. The molecular formula is C5H4ClIN2OS. The van der Waals surface area contributed by atoms with Crippen molar-refractivity contribution in [3.63, 3.8) is 0 Å². The summed E-state index contributed by atoms with van der Waals surface area (Å²) in [4.78, 5) is 7.60. The van der Waals surface area contributed by atoms with E-state index in [1.54, 1.807) is 0 Å². The third kappa shape index (κ3) is 2.73. The van der Waals surface area contributed by atoms with Gasteiger partial charge in [-0.05, 0) is 22.6 Å². The molecule has 1 aromatic heterocycles. The zero-order chi connectivity index (χ0) is 8.27. The zero-order valence-electron chi connectivity index (χ0n) is 5.33. The van der Waals surface area contributed by atoms with Crippen LogP contribution in [0.1, 0.15) is 0 Å². The number of rotatable bonds is 2. The van der Waals surface area contributed by atoms with Crippen molar-refractivity contribution in [3.8, 4) is 0 Å². The van der Waals surface area contributed by atoms with Crippen molar-refractivity contribution >= 4 is 45.4 Å². The maximum Gasteiger partial charge on any atom is 0.343 e. The van der Waals surface area contributed by atoms with E-state index < -0.39 is 11.2 Å². The van der Waals surface area contributed by atoms with Crippen LogP contribution < -0.4 is 0 Å². The number of alkyl halides is 1. The lowest BCUT2D eigenvalue weighted by molar-refractivity contribution is 0.591. The van der Waals surface area contributed by atoms with E-state index in [-0.39, 0.29) is 0 Å². The van der Waals surface area contributed by atoms with Gasteiger partial charge in [-0.2, -0.15) is 9.97 Å². The van der Waals surface area contributed by atoms with Crippen molar-refractivity contribution in [1.29, 1.82) is 0 Å². The molecule has 3 nitrogen and oxygen atoms in total. The van der Waals surface area contributed by atoms with Crippen LogP contribution in [-0.2, 0) is 11.2 Å². The van der Waals surface area contributed by atoms with E-state index in [4.69, 9.17) is 11.6 Å². The maximum absolute atomic E-state index is 11.1. The van der Waals surface area contributed by atoms with Gasteiger partial charge in [-0.3, -0.25) is 0 Å². The van der Waals surface area contributed by atoms with Crippen LogP contribution in [0.4, 0.5) is 0 Å². The Balaban J connectivity index is 2.81. The van der Waals surface area contributed by atoms with E-state index in [1.165, 1.54) is 12.4 Å². The van der Waals surface area contributed by atoms with Gasteiger partial charge in [0.25, 0.3) is 0 Å². The number of nitrogens with zero attached hydrogens (tertiary/aromatic N) is 2. The van der Waals surface area contributed by atoms with Gasteiger partial charge in [-0.1, -0.05) is 11.6 Å². The second-order valence-corrected chi connectivity index (χ2v) is 5.22. The molecule has 0 spiro atoms. The molecule has 0 aliphatic heterocycles. The molecule has 0 N–H and O–H groups in total. The van der Waals surface area contributed by atoms with Gasteiger partial charge in [0.05, 0.1) is 17.4 Å². The van der Waals surface area contributed by atoms with E-state index in [1.807, 2.05) is 22.6 Å². The van der Waals surface area contributed by atoms with Crippen molar-refractivity contribution in [2.24, 2.45) is 0 Å². The molecule has 0 radical (unpaired) electrons. The lowest BCUT2D eigenvalue weighted by atomic mass is 10.7. The summed E-state index contributed by atoms with van der Waals surface area (Å²) in [6.07, 6.45) is 2.88. The molecule has 0 aliphatic carbocycles. The third-order valence-corrected chi connectivity index (χ3v) is 3.61. The van der Waals surface area contributed by atoms with Crippen LogP contribution in [0.3, 0.4) is 0 Å². The Labute approximate surface area is 85.9 Å². The van der Waals surface area contributed by atoms with Crippen LogP contribution in [-0.4, -0.2) is 18.3 Å². The van der Waals surface area contributed by atoms with Gasteiger partial charge >= 0.3 is 5.16 Å². The highest BCUT2D eigenvalue weighted by molar-refractivity contribution is 14.1. The molecule has 1 unspecified atom stereocenters. The largest absolute Gasteiger partial charge is 0.608 e. The zero-order valence-corrected chi connectivity index (χ0v) is 9.06. The Hall–Kier alpha value is 0.410. The standard InChI is InChI=1S/C5H4ClIN2OS/c6-4-1-8-5(9-2-4)11(10)3-7/h1-2H,3H2. The smallest absolute Gasteiger partial charge is 0.343 e. The average molecular weight is 303 g/mol. The predicted octanol–water partition coefficient (Wildman–Crippen LogP) is 1.63. The van der Waals surface area contributed by atoms with E-state index in [9.17, 15) is 4.55 Å². The van der Waals surface area contributed by atoms with E-state index in [2.05, 4.69) is 9.97 Å². The fourth-order valence-corrected chi connectivity index (χ4v) is 1.84. The van der Waals surface area contributed by atoms with Crippen LogP contribution >= 0.6 is 34.2 Å². The summed E-state index contributed by atoms with van der Waals surface area (Å²) in [5, 5.41) is 0.794. The van der Waals surface area contributed by atoms with Crippen LogP contribution in [0.25, 0.3) is 0 Å². The Morgan fingerprint density at radius 1 is 1.55 bits per heavy atom. The third-order valence-electron chi connectivity index (χ3n) is 0.899. The summed E-state index contributed by atoms with van der Waals surface area (Å²) in [7, 11) is 0. The van der Waals surface area contributed by atoms with Gasteiger partial charge in [0.2, 0.25) is 0 Å². The highest BCUT2D eigenvalue weighted by Crippen LogP contribution is 2.09. The summed E-state index contributed by atoms with van der Waals surface area (Å²) >= 11 is 6.45. The van der Waals surface area contributed by atoms with Crippen molar-refractivity contribution in [2.75, 3.05) is 3.76 Å². The van der Waals surface area contributed by atoms with Crippen LogP contribution in [0.15, 0.2) is 17.6 Å². The molecule has 1 aromatic rings. The molecule has 0 aromatic carbocycles. The first-order valence-corrected chi connectivity index (χ1v) is 5.88. The van der Waals surface area contributed by atoms with Crippen LogP contribution in [0.2, 0.25) is 5.02 Å². The molecule has 1 rings (SSSR count). The van der Waals surface area contributed by atoms with Gasteiger partial charge in [0, 0.05) is 11.2 Å². The molecule has 0 amide bonds. The monoisotopic (exact) mass is 302 g/mol. The van der Waals surface area contributed by atoms with Crippen molar-refractivity contribution < 1.29 is 4.55 Å². The Morgan fingerprint density at radius 2 is 2.09 bits per heavy atom. The molecule has 0 fully saturated rings. The van der Waals surface area contributed by atoms with Gasteiger partial charge in [0.1, 0.15) is 0 Å². The second kappa shape index (κ2) is 4.44. The molecule has 0 aliphatic rings. The minimum absolute atomic E-state index is 0.337. The van der Waals surface area contributed by atoms with Crippen molar-refractivity contribution in [1.82, 2.24) is 9.97 Å². The lowest BCUT2D eigenvalue weighted by Crippen LogP contribution is -2.06. The molecule has 0 saturated heterocycles. The Kier molecular flexibility index (Phi) is 3.83. The van der Waals surface area contributed by atoms with Crippen LogP contribution in [0, 0.1) is 0 Å². The van der Waals surface area contributed by atoms with Crippen molar-refractivity contribution in [3.05, 3.63) is 17.4 Å². The summed E-state index contributed by atoms with van der Waals surface area (Å²) in [5.41, 5.74) is 0. The van der Waals surface area contributed by atoms with Gasteiger partial charge in [-0.25, -0.2) is 0 Å². The Morgan fingerprint density at radius 3 is 2.55 bits per heavy atom. The number of halogens is 2. The summed E-state index contributed by atoms with van der Waals surface area (Å²) in [6.45, 7) is 0. The van der Waals surface area contributed by atoms with Gasteiger partial charge in [-0.15, -0.1) is 0 Å². The number of hydrogen-bond acceptors (Lipinski definition) is 3. The molecule has 11 heavy (non-hydrogen) atoms. The number of aromatic nitrogens is 2. The molecule has 6 heteroatoms. The summed E-state index contributed by atoms with van der Waals surface area (Å²) in [6, 6.07) is 0. The minimum atomic E-state index is -1.09. The quantitative estimate of drug-likeness (QED) is 0.361. The first-order valence-electron chi connectivity index (χ1n) is 2.66. The first-order chi connectivity index (χ1) is 5.24. The molecule has 1 atom stereocenters. The molecule has 1 heterocycles. The second-order valence-electron chi connectivity index (χ2n) is 1.64. The fourth-order valence-electron chi connectivity index (χ4n) is 0.467. The maximum atomic E-state index is 11.1. The minimum Gasteiger partial charge on any atom is -0.608 e. The topological polar surface area (TPSA) is 48.8 Å². The van der Waals surface area contributed by atoms with Gasteiger partial charge < -0.3 is 4.55 Å². The SMILES string of the molecule is [O-][S+](CI)c1ncc(Cl)cn1. The average Bonchev–Trinajstić information content (AvgIpc) is 2.05. The van der Waals surface area contributed by atoms with Crippen LogP contribution in [0.5, 0.6) is 0 Å². The van der Waals surface area contributed by atoms with E-state index in [0.29, 0.717) is 13.9 Å². The lowest BCUT2D eigenvalue weighted by Gasteiger charge is -2.02.